The predicted molar refractivity (Wildman–Crippen MR) is 115 cm³/mol. The lowest BCUT2D eigenvalue weighted by Crippen LogP contribution is -2.47. The molecule has 2 heterocycles. The van der Waals surface area contributed by atoms with Gasteiger partial charge in [-0.1, -0.05) is 35.3 Å². The number of rotatable bonds is 4. The molecule has 0 radical (unpaired) electrons. The number of nitrogens with zero attached hydrogens (tertiary/aromatic N) is 2. The minimum atomic E-state index is -0.294. The molecule has 4 rings (SSSR count). The molecule has 0 aliphatic carbocycles. The lowest BCUT2D eigenvalue weighted by atomic mass is 9.93. The van der Waals surface area contributed by atoms with Gasteiger partial charge in [-0.05, 0) is 60.4 Å². The number of aromatic nitrogens is 1. The van der Waals surface area contributed by atoms with Crippen LogP contribution in [0.25, 0.3) is 0 Å². The first-order chi connectivity index (χ1) is 14.4. The normalized spacial score (nSPS) is 15.6. The number of aryl methyl sites for hydroxylation is 1. The third-order valence-corrected chi connectivity index (χ3v) is 5.88. The highest BCUT2D eigenvalue weighted by Gasteiger charge is 2.31. The second-order valence-corrected chi connectivity index (χ2v) is 8.13. The van der Waals surface area contributed by atoms with Gasteiger partial charge in [0.25, 0.3) is 5.91 Å². The van der Waals surface area contributed by atoms with Crippen LogP contribution < -0.4 is 4.74 Å². The van der Waals surface area contributed by atoms with Gasteiger partial charge in [0.15, 0.2) is 0 Å². The van der Waals surface area contributed by atoms with Gasteiger partial charge in [-0.15, -0.1) is 0 Å². The van der Waals surface area contributed by atoms with Crippen molar-refractivity contribution >= 4 is 29.1 Å². The molecule has 1 atom stereocenters. The molecule has 1 unspecified atom stereocenters. The third kappa shape index (κ3) is 4.42. The van der Waals surface area contributed by atoms with Crippen LogP contribution in [0.4, 0.5) is 4.39 Å². The molecule has 0 saturated carbocycles. The number of carbonyl (C=O) groups is 1. The molecule has 3 aromatic rings. The Morgan fingerprint density at radius 3 is 2.70 bits per heavy atom. The van der Waals surface area contributed by atoms with Crippen molar-refractivity contribution in [3.8, 4) is 5.88 Å². The van der Waals surface area contributed by atoms with Gasteiger partial charge in [0.1, 0.15) is 12.4 Å². The summed E-state index contributed by atoms with van der Waals surface area (Å²) >= 11 is 12.1. The summed E-state index contributed by atoms with van der Waals surface area (Å²) in [6, 6.07) is 12.9. The monoisotopic (exact) mass is 444 g/mol. The first-order valence-corrected chi connectivity index (χ1v) is 10.2. The highest BCUT2D eigenvalue weighted by Crippen LogP contribution is 2.28. The maximum Gasteiger partial charge on any atom is 0.254 e. The van der Waals surface area contributed by atoms with E-state index in [2.05, 4.69) is 4.98 Å². The molecular formula is C23H19Cl2FN2O2. The average Bonchev–Trinajstić information content (AvgIpc) is 2.74. The van der Waals surface area contributed by atoms with Gasteiger partial charge in [-0.2, -0.15) is 0 Å². The summed E-state index contributed by atoms with van der Waals surface area (Å²) in [4.78, 5) is 19.3. The van der Waals surface area contributed by atoms with Crippen molar-refractivity contribution in [2.75, 3.05) is 6.61 Å². The first-order valence-electron chi connectivity index (χ1n) is 9.49. The fourth-order valence-electron chi connectivity index (χ4n) is 3.52. The lowest BCUT2D eigenvalue weighted by molar-refractivity contribution is 0.0562. The Bertz CT molecular complexity index is 1090. The van der Waals surface area contributed by atoms with Gasteiger partial charge in [-0.3, -0.25) is 4.79 Å². The van der Waals surface area contributed by atoms with E-state index in [0.717, 1.165) is 16.7 Å². The van der Waals surface area contributed by atoms with Gasteiger partial charge in [0.05, 0.1) is 16.1 Å². The summed E-state index contributed by atoms with van der Waals surface area (Å²) in [5, 5.41) is 0.705. The third-order valence-electron chi connectivity index (χ3n) is 5.14. The fraction of sp³-hybridized carbons (Fsp3) is 0.217. The van der Waals surface area contributed by atoms with Crippen LogP contribution >= 0.6 is 23.2 Å². The molecule has 1 aliphatic heterocycles. The highest BCUT2D eigenvalue weighted by molar-refractivity contribution is 6.42. The molecule has 30 heavy (non-hydrogen) atoms. The molecule has 1 aliphatic rings. The van der Waals surface area contributed by atoms with Gasteiger partial charge in [0.2, 0.25) is 5.88 Å². The van der Waals surface area contributed by atoms with Gasteiger partial charge < -0.3 is 9.64 Å². The van der Waals surface area contributed by atoms with E-state index in [1.807, 2.05) is 13.0 Å². The standard InChI is InChI=1S/C23H19Cl2FN2O2/c1-14-2-7-22(27-11-14)30-13-19-9-17-8-18(26)5-3-16(17)12-28(19)23(29)15-4-6-20(24)21(25)10-15/h2-8,10-11,19H,9,12-13H2,1H3. The second-order valence-electron chi connectivity index (χ2n) is 7.32. The fourth-order valence-corrected chi connectivity index (χ4v) is 3.82. The van der Waals surface area contributed by atoms with Crippen LogP contribution in [-0.4, -0.2) is 28.4 Å². The second kappa shape index (κ2) is 8.62. The summed E-state index contributed by atoms with van der Waals surface area (Å²) in [5.74, 6) is -0.000498. The van der Waals surface area contributed by atoms with E-state index >= 15 is 0 Å². The number of ether oxygens (including phenoxy) is 1. The van der Waals surface area contributed by atoms with Crippen LogP contribution in [0.15, 0.2) is 54.7 Å². The van der Waals surface area contributed by atoms with Crippen LogP contribution in [0.3, 0.4) is 0 Å². The van der Waals surface area contributed by atoms with Crippen molar-refractivity contribution < 1.29 is 13.9 Å². The van der Waals surface area contributed by atoms with Crippen molar-refractivity contribution in [1.29, 1.82) is 0 Å². The molecular weight excluding hydrogens is 426 g/mol. The molecule has 0 fully saturated rings. The summed E-state index contributed by atoms with van der Waals surface area (Å²) in [6.45, 7) is 2.53. The number of hydrogen-bond donors (Lipinski definition) is 0. The SMILES string of the molecule is Cc1ccc(OCC2Cc3cc(F)ccc3CN2C(=O)c2ccc(Cl)c(Cl)c2)nc1. The zero-order valence-electron chi connectivity index (χ0n) is 16.2. The van der Waals surface area contributed by atoms with E-state index in [1.165, 1.54) is 12.1 Å². The number of carbonyl (C=O) groups excluding carboxylic acids is 1. The number of pyridine rings is 1. The Balaban J connectivity index is 1.61. The molecule has 0 bridgehead atoms. The summed E-state index contributed by atoms with van der Waals surface area (Å²) in [6.07, 6.45) is 2.20. The Morgan fingerprint density at radius 2 is 1.97 bits per heavy atom. The van der Waals surface area contributed by atoms with Gasteiger partial charge in [-0.25, -0.2) is 9.37 Å². The number of benzene rings is 2. The van der Waals surface area contributed by atoms with Crippen LogP contribution in [0.5, 0.6) is 5.88 Å². The first kappa shape index (κ1) is 20.6. The molecule has 0 N–H and O–H groups in total. The molecule has 1 aromatic heterocycles. The van der Waals surface area contributed by atoms with Crippen molar-refractivity contribution in [3.05, 3.63) is 92.8 Å². The molecule has 0 saturated heterocycles. The van der Waals surface area contributed by atoms with Crippen LogP contribution in [-0.2, 0) is 13.0 Å². The van der Waals surface area contributed by atoms with Crippen LogP contribution in [0.2, 0.25) is 10.0 Å². The van der Waals surface area contributed by atoms with E-state index in [1.54, 1.807) is 41.4 Å². The Hall–Kier alpha value is -2.63. The molecule has 7 heteroatoms. The molecule has 2 aromatic carbocycles. The van der Waals surface area contributed by atoms with E-state index < -0.39 is 0 Å². The number of hydrogen-bond acceptors (Lipinski definition) is 3. The zero-order chi connectivity index (χ0) is 21.3. The Morgan fingerprint density at radius 1 is 1.13 bits per heavy atom. The largest absolute Gasteiger partial charge is 0.475 e. The van der Waals surface area contributed by atoms with Crippen molar-refractivity contribution in [2.24, 2.45) is 0 Å². The minimum Gasteiger partial charge on any atom is -0.475 e. The van der Waals surface area contributed by atoms with Crippen LogP contribution in [0, 0.1) is 12.7 Å². The minimum absolute atomic E-state index is 0.186. The Labute approximate surface area is 184 Å². The highest BCUT2D eigenvalue weighted by atomic mass is 35.5. The maximum atomic E-state index is 13.8. The molecule has 154 valence electrons. The van der Waals surface area contributed by atoms with Crippen LogP contribution in [0.1, 0.15) is 27.0 Å². The van der Waals surface area contributed by atoms with E-state index in [-0.39, 0.29) is 24.4 Å². The number of amides is 1. The van der Waals surface area contributed by atoms with Crippen molar-refractivity contribution in [2.45, 2.75) is 25.9 Å². The number of fused-ring (bicyclic) bond motifs is 1. The Kier molecular flexibility index (Phi) is 5.93. The van der Waals surface area contributed by atoms with Crippen molar-refractivity contribution in [1.82, 2.24) is 9.88 Å². The van der Waals surface area contributed by atoms with E-state index in [9.17, 15) is 9.18 Å². The topological polar surface area (TPSA) is 42.4 Å². The number of halogens is 3. The molecule has 1 amide bonds. The predicted octanol–water partition coefficient (Wildman–Crippen LogP) is 5.48. The molecule has 4 nitrogen and oxygen atoms in total. The maximum absolute atomic E-state index is 13.8. The van der Waals surface area contributed by atoms with E-state index in [4.69, 9.17) is 27.9 Å². The summed E-state index contributed by atoms with van der Waals surface area (Å²) < 4.78 is 19.6. The van der Waals surface area contributed by atoms with Gasteiger partial charge in [0, 0.05) is 24.4 Å². The van der Waals surface area contributed by atoms with Gasteiger partial charge >= 0.3 is 0 Å². The summed E-state index contributed by atoms with van der Waals surface area (Å²) in [7, 11) is 0. The lowest BCUT2D eigenvalue weighted by Gasteiger charge is -2.37. The smallest absolute Gasteiger partial charge is 0.254 e. The summed E-state index contributed by atoms with van der Waals surface area (Å²) in [5.41, 5.74) is 3.25. The van der Waals surface area contributed by atoms with E-state index in [0.29, 0.717) is 34.5 Å². The quantitative estimate of drug-likeness (QED) is 0.534. The molecule has 0 spiro atoms. The van der Waals surface area contributed by atoms with Crippen molar-refractivity contribution in [3.63, 3.8) is 0 Å². The zero-order valence-corrected chi connectivity index (χ0v) is 17.8. The average molecular weight is 445 g/mol.